The minimum Gasteiger partial charge on any atom is -0.459 e. The van der Waals surface area contributed by atoms with Crippen molar-refractivity contribution in [2.45, 2.75) is 176 Å². The zero-order valence-electron chi connectivity index (χ0n) is 35.5. The number of aliphatic imine (C=N–C) groups is 1. The highest BCUT2D eigenvalue weighted by molar-refractivity contribution is 5.89. The molecule has 3 fully saturated rings. The number of cyclic esters (lactones) is 1. The highest BCUT2D eigenvalue weighted by atomic mass is 16.6. The summed E-state index contributed by atoms with van der Waals surface area (Å²) in [6, 6.07) is 0. The fourth-order valence-corrected chi connectivity index (χ4v) is 8.66. The molecular formula is C42H78N2O8. The second-order valence-electron chi connectivity index (χ2n) is 16.2. The van der Waals surface area contributed by atoms with Gasteiger partial charge in [0.25, 0.3) is 0 Å². The van der Waals surface area contributed by atoms with E-state index in [9.17, 15) is 20.1 Å². The van der Waals surface area contributed by atoms with E-state index in [1.54, 1.807) is 21.1 Å². The Hall–Kier alpha value is -1.58. The Balaban J connectivity index is 0.00000210. The SMILES string of the molecule is CC.CC#CC.CC[C@H]1OC(=O)[C@H](C)[C@@H](C[C@H]2C[C@@](C)(OC)[C@@H](O)[C@H](C)O2)[C@H](C)C[C@](C)(OC)C[C@@H](C)C(=NCC2CCNC2)C(C)C(O)[C@]1(C)O. The first-order valence-corrected chi connectivity index (χ1v) is 20.0. The van der Waals surface area contributed by atoms with E-state index < -0.39 is 59.0 Å². The lowest BCUT2D eigenvalue weighted by molar-refractivity contribution is -0.219. The predicted octanol–water partition coefficient (Wildman–Crippen LogP) is 6.22. The maximum atomic E-state index is 13.9. The number of nitrogens with one attached hydrogen (secondary N) is 1. The molecule has 0 aliphatic carbocycles. The quantitative estimate of drug-likeness (QED) is 0.177. The number of carbonyl (C=O) groups is 1. The lowest BCUT2D eigenvalue weighted by Crippen LogP contribution is -2.57. The lowest BCUT2D eigenvalue weighted by atomic mass is 9.70. The van der Waals surface area contributed by atoms with Crippen LogP contribution in [0.15, 0.2) is 4.99 Å². The fourth-order valence-electron chi connectivity index (χ4n) is 8.66. The van der Waals surface area contributed by atoms with Crippen LogP contribution >= 0.6 is 0 Å². The van der Waals surface area contributed by atoms with E-state index in [4.69, 9.17) is 23.9 Å². The van der Waals surface area contributed by atoms with E-state index in [1.807, 2.05) is 62.3 Å². The summed E-state index contributed by atoms with van der Waals surface area (Å²) in [4.78, 5) is 19.1. The summed E-state index contributed by atoms with van der Waals surface area (Å²) < 4.78 is 24.4. The Morgan fingerprint density at radius 2 is 1.56 bits per heavy atom. The number of nitrogens with zero attached hydrogens (tertiary/aromatic N) is 1. The zero-order chi connectivity index (χ0) is 40.0. The van der Waals surface area contributed by atoms with E-state index in [1.165, 1.54) is 0 Å². The average molecular weight is 739 g/mol. The second-order valence-corrected chi connectivity index (χ2v) is 16.2. The molecule has 3 saturated heterocycles. The second kappa shape index (κ2) is 22.1. The van der Waals surface area contributed by atoms with Gasteiger partial charge in [-0.3, -0.25) is 9.79 Å². The van der Waals surface area contributed by atoms with Crippen LogP contribution in [0.5, 0.6) is 0 Å². The standard InChI is InChI=1S/C36H66N2O8.C4H6.C2H6/c1-12-29-36(9,42)31(39)24(5)30(38-20-26-13-14-37-19-26)22(3)17-34(7,43-10)16-21(2)28(23(4)33(41)46-29)15-27-18-35(8,44-11)32(40)25(6)45-27;1-3-4-2;1-2/h21-29,31-32,37,39-40,42H,12-20H2,1-11H3;1-2H3;1-2H3/t21-,22-,23-,24?,25+,26?,27+,28+,29-,31?,32+,34+,35-,36-;;/m1../s1. The van der Waals surface area contributed by atoms with Crippen LogP contribution in [0.25, 0.3) is 0 Å². The van der Waals surface area contributed by atoms with Crippen LogP contribution < -0.4 is 5.32 Å². The molecule has 0 saturated carbocycles. The minimum atomic E-state index is -1.70. The highest BCUT2D eigenvalue weighted by Crippen LogP contribution is 2.42. The maximum Gasteiger partial charge on any atom is 0.309 e. The van der Waals surface area contributed by atoms with Crippen LogP contribution in [0.1, 0.15) is 129 Å². The Morgan fingerprint density at radius 3 is 2.06 bits per heavy atom. The van der Waals surface area contributed by atoms with E-state index >= 15 is 0 Å². The molecule has 0 amide bonds. The molecule has 0 aromatic heterocycles. The summed E-state index contributed by atoms with van der Waals surface area (Å²) >= 11 is 0. The molecule has 0 radical (unpaired) electrons. The number of ether oxygens (including phenoxy) is 4. The Kier molecular flexibility index (Phi) is 20.6. The molecule has 4 N–H and O–H groups in total. The van der Waals surface area contributed by atoms with Crippen LogP contribution in [-0.4, -0.2) is 108 Å². The molecule has 0 aromatic carbocycles. The fraction of sp³-hybridized carbons (Fsp3) is 0.905. The third-order valence-corrected chi connectivity index (χ3v) is 12.1. The predicted molar refractivity (Wildman–Crippen MR) is 210 cm³/mol. The summed E-state index contributed by atoms with van der Waals surface area (Å²) in [5.74, 6) is 4.26. The van der Waals surface area contributed by atoms with E-state index in [0.717, 1.165) is 25.2 Å². The molecule has 304 valence electrons. The van der Waals surface area contributed by atoms with Gasteiger partial charge in [0.05, 0.1) is 35.4 Å². The molecule has 14 atom stereocenters. The van der Waals surface area contributed by atoms with Gasteiger partial charge in [0.1, 0.15) is 17.8 Å². The first-order valence-electron chi connectivity index (χ1n) is 20.0. The monoisotopic (exact) mass is 739 g/mol. The topological polar surface area (TPSA) is 139 Å². The van der Waals surface area contributed by atoms with Crippen molar-refractivity contribution in [3.63, 3.8) is 0 Å². The number of hydrogen-bond acceptors (Lipinski definition) is 10. The van der Waals surface area contributed by atoms with Gasteiger partial charge in [-0.25, -0.2) is 0 Å². The van der Waals surface area contributed by atoms with Crippen molar-refractivity contribution in [2.24, 2.45) is 40.5 Å². The molecule has 3 aliphatic rings. The number of esters is 1. The van der Waals surface area contributed by atoms with Gasteiger partial charge in [-0.2, -0.15) is 0 Å². The normalized spacial score (nSPS) is 42.7. The summed E-state index contributed by atoms with van der Waals surface area (Å²) in [5.41, 5.74) is -2.15. The molecule has 10 nitrogen and oxygen atoms in total. The summed E-state index contributed by atoms with van der Waals surface area (Å²) in [6.07, 6.45) is 0.284. The molecule has 0 aromatic rings. The number of hydrogen-bond donors (Lipinski definition) is 4. The van der Waals surface area contributed by atoms with Crippen molar-refractivity contribution in [3.8, 4) is 11.8 Å². The van der Waals surface area contributed by atoms with Gasteiger partial charge in [0.2, 0.25) is 0 Å². The van der Waals surface area contributed by atoms with Gasteiger partial charge in [0.15, 0.2) is 0 Å². The molecule has 0 spiro atoms. The Labute approximate surface area is 317 Å². The minimum absolute atomic E-state index is 0.0279. The van der Waals surface area contributed by atoms with Crippen LogP contribution in [-0.2, 0) is 23.7 Å². The van der Waals surface area contributed by atoms with E-state index in [-0.39, 0.29) is 23.9 Å². The smallest absolute Gasteiger partial charge is 0.309 e. The number of carbonyl (C=O) groups excluding carboxylic acids is 1. The molecular weight excluding hydrogens is 660 g/mol. The summed E-state index contributed by atoms with van der Waals surface area (Å²) in [6.45, 7) is 27.6. The lowest BCUT2D eigenvalue weighted by Gasteiger charge is -2.46. The number of aliphatic hydroxyl groups is 3. The van der Waals surface area contributed by atoms with Crippen LogP contribution in [0.3, 0.4) is 0 Å². The van der Waals surface area contributed by atoms with Gasteiger partial charge in [-0.1, -0.05) is 48.5 Å². The highest BCUT2D eigenvalue weighted by Gasteiger charge is 2.49. The molecule has 52 heavy (non-hydrogen) atoms. The van der Waals surface area contributed by atoms with E-state index in [2.05, 4.69) is 37.9 Å². The summed E-state index contributed by atoms with van der Waals surface area (Å²) in [5, 5.41) is 37.8. The first kappa shape index (κ1) is 48.4. The number of aliphatic hydroxyl groups excluding tert-OH is 2. The van der Waals surface area contributed by atoms with Crippen molar-refractivity contribution in [1.29, 1.82) is 0 Å². The first-order chi connectivity index (χ1) is 24.3. The largest absolute Gasteiger partial charge is 0.459 e. The summed E-state index contributed by atoms with van der Waals surface area (Å²) in [7, 11) is 3.35. The van der Waals surface area contributed by atoms with Crippen molar-refractivity contribution in [3.05, 3.63) is 0 Å². The van der Waals surface area contributed by atoms with Crippen molar-refractivity contribution in [1.82, 2.24) is 5.32 Å². The Morgan fingerprint density at radius 1 is 0.942 bits per heavy atom. The number of rotatable bonds is 7. The molecule has 3 unspecified atom stereocenters. The molecule has 3 heterocycles. The van der Waals surface area contributed by atoms with Gasteiger partial charge in [-0.05, 0) is 110 Å². The van der Waals surface area contributed by atoms with Gasteiger partial charge in [-0.15, -0.1) is 11.8 Å². The molecule has 10 heteroatoms. The van der Waals surface area contributed by atoms with Gasteiger partial charge >= 0.3 is 5.97 Å². The average Bonchev–Trinajstić information content (AvgIpc) is 3.65. The van der Waals surface area contributed by atoms with Crippen molar-refractivity contribution >= 4 is 11.7 Å². The maximum absolute atomic E-state index is 13.9. The molecule has 0 bridgehead atoms. The van der Waals surface area contributed by atoms with Crippen LogP contribution in [0.4, 0.5) is 0 Å². The molecule has 3 aliphatic heterocycles. The van der Waals surface area contributed by atoms with Crippen LogP contribution in [0.2, 0.25) is 0 Å². The van der Waals surface area contributed by atoms with Crippen molar-refractivity contribution < 1.29 is 39.1 Å². The Bertz CT molecular complexity index is 1140. The van der Waals surface area contributed by atoms with Gasteiger partial charge in [0, 0.05) is 38.8 Å². The van der Waals surface area contributed by atoms with Crippen molar-refractivity contribution in [2.75, 3.05) is 33.9 Å². The zero-order valence-corrected chi connectivity index (χ0v) is 35.5. The third kappa shape index (κ3) is 12.7. The van der Waals surface area contributed by atoms with Gasteiger partial charge < -0.3 is 39.6 Å². The number of methoxy groups -OCH3 is 2. The van der Waals surface area contributed by atoms with E-state index in [0.29, 0.717) is 44.6 Å². The van der Waals surface area contributed by atoms with Crippen LogP contribution in [0, 0.1) is 47.3 Å². The molecule has 3 rings (SSSR count). The third-order valence-electron chi connectivity index (χ3n) is 12.1.